The summed E-state index contributed by atoms with van der Waals surface area (Å²) in [6.45, 7) is 1.80. The monoisotopic (exact) mass is 294 g/mol. The number of carbonyl (C=O) groups is 1. The standard InChI is InChI=1S/C9H8ClIO/c1-6(9(10)12)7-2-4-8(11)5-3-7/h2-6H,1H3. The number of benzene rings is 1. The van der Waals surface area contributed by atoms with Crippen molar-refractivity contribution in [2.75, 3.05) is 0 Å². The van der Waals surface area contributed by atoms with Gasteiger partial charge in [0, 0.05) is 3.57 Å². The first kappa shape index (κ1) is 9.99. The summed E-state index contributed by atoms with van der Waals surface area (Å²) in [5.74, 6) is -0.205. The van der Waals surface area contributed by atoms with E-state index in [0.29, 0.717) is 0 Å². The average molecular weight is 295 g/mol. The van der Waals surface area contributed by atoms with Gasteiger partial charge in [0.1, 0.15) is 0 Å². The van der Waals surface area contributed by atoms with E-state index >= 15 is 0 Å². The Bertz CT molecular complexity index is 281. The average Bonchev–Trinajstić information content (AvgIpc) is 2.04. The van der Waals surface area contributed by atoms with E-state index in [1.54, 1.807) is 6.92 Å². The van der Waals surface area contributed by atoms with Crippen LogP contribution >= 0.6 is 34.2 Å². The smallest absolute Gasteiger partial charge is 0.228 e. The fraction of sp³-hybridized carbons (Fsp3) is 0.222. The highest BCUT2D eigenvalue weighted by Crippen LogP contribution is 2.18. The minimum Gasteiger partial charge on any atom is -0.281 e. The van der Waals surface area contributed by atoms with Gasteiger partial charge < -0.3 is 0 Å². The summed E-state index contributed by atoms with van der Waals surface area (Å²) in [6, 6.07) is 7.78. The van der Waals surface area contributed by atoms with Gasteiger partial charge in [-0.2, -0.15) is 0 Å². The normalized spacial score (nSPS) is 12.6. The Balaban J connectivity index is 2.89. The van der Waals surface area contributed by atoms with E-state index in [0.717, 1.165) is 9.13 Å². The van der Waals surface area contributed by atoms with Gasteiger partial charge in [0.25, 0.3) is 0 Å². The number of rotatable bonds is 2. The van der Waals surface area contributed by atoms with Crippen molar-refractivity contribution in [3.63, 3.8) is 0 Å². The molecule has 0 aliphatic carbocycles. The zero-order chi connectivity index (χ0) is 9.14. The minimum absolute atomic E-state index is 0.205. The van der Waals surface area contributed by atoms with Crippen LogP contribution in [0.3, 0.4) is 0 Å². The molecule has 0 aliphatic heterocycles. The Labute approximate surface area is 90.3 Å². The fourth-order valence-electron chi connectivity index (χ4n) is 0.882. The first-order chi connectivity index (χ1) is 5.61. The van der Waals surface area contributed by atoms with Gasteiger partial charge in [0.15, 0.2) is 0 Å². The zero-order valence-corrected chi connectivity index (χ0v) is 9.46. The zero-order valence-electron chi connectivity index (χ0n) is 6.55. The van der Waals surface area contributed by atoms with E-state index in [1.807, 2.05) is 24.3 Å². The van der Waals surface area contributed by atoms with Crippen LogP contribution in [0.2, 0.25) is 0 Å². The maximum absolute atomic E-state index is 10.8. The molecule has 12 heavy (non-hydrogen) atoms. The Morgan fingerprint density at radius 3 is 2.33 bits per heavy atom. The van der Waals surface area contributed by atoms with Gasteiger partial charge in [-0.05, 0) is 51.9 Å². The minimum atomic E-state index is -0.309. The lowest BCUT2D eigenvalue weighted by atomic mass is 10.0. The van der Waals surface area contributed by atoms with Gasteiger partial charge in [-0.1, -0.05) is 19.1 Å². The van der Waals surface area contributed by atoms with Crippen molar-refractivity contribution in [2.45, 2.75) is 12.8 Å². The van der Waals surface area contributed by atoms with Crippen LogP contribution in [-0.2, 0) is 4.79 Å². The van der Waals surface area contributed by atoms with E-state index in [-0.39, 0.29) is 11.2 Å². The van der Waals surface area contributed by atoms with Crippen LogP contribution < -0.4 is 0 Å². The lowest BCUT2D eigenvalue weighted by Gasteiger charge is -2.05. The summed E-state index contributed by atoms with van der Waals surface area (Å²) in [5.41, 5.74) is 0.968. The molecular weight excluding hydrogens is 286 g/mol. The van der Waals surface area contributed by atoms with Gasteiger partial charge in [-0.15, -0.1) is 0 Å². The molecule has 1 nitrogen and oxygen atoms in total. The number of hydrogen-bond acceptors (Lipinski definition) is 1. The molecule has 0 N–H and O–H groups in total. The van der Waals surface area contributed by atoms with Crippen LogP contribution in [0.15, 0.2) is 24.3 Å². The highest BCUT2D eigenvalue weighted by molar-refractivity contribution is 14.1. The molecule has 0 fully saturated rings. The quantitative estimate of drug-likeness (QED) is 0.605. The Morgan fingerprint density at radius 2 is 1.92 bits per heavy atom. The molecule has 3 heteroatoms. The van der Waals surface area contributed by atoms with Crippen LogP contribution in [-0.4, -0.2) is 5.24 Å². The van der Waals surface area contributed by atoms with Crippen LogP contribution in [0, 0.1) is 3.57 Å². The summed E-state index contributed by atoms with van der Waals surface area (Å²) < 4.78 is 1.16. The molecule has 64 valence electrons. The number of carbonyl (C=O) groups excluding carboxylic acids is 1. The molecule has 0 saturated carbocycles. The molecule has 0 aromatic heterocycles. The van der Waals surface area contributed by atoms with Crippen LogP contribution in [0.5, 0.6) is 0 Å². The van der Waals surface area contributed by atoms with Gasteiger partial charge in [0.05, 0.1) is 5.92 Å². The molecule has 1 aromatic rings. The Kier molecular flexibility index (Phi) is 3.53. The summed E-state index contributed by atoms with van der Waals surface area (Å²) in [7, 11) is 0. The predicted octanol–water partition coefficient (Wildman–Crippen LogP) is 3.16. The molecule has 1 unspecified atom stereocenters. The van der Waals surface area contributed by atoms with Gasteiger partial charge in [0.2, 0.25) is 5.24 Å². The molecule has 0 bridgehead atoms. The maximum atomic E-state index is 10.8. The van der Waals surface area contributed by atoms with Crippen molar-refractivity contribution >= 4 is 39.4 Å². The van der Waals surface area contributed by atoms with E-state index in [2.05, 4.69) is 22.6 Å². The second-order valence-electron chi connectivity index (χ2n) is 2.58. The molecular formula is C9H8ClIO. The van der Waals surface area contributed by atoms with Crippen molar-refractivity contribution in [3.8, 4) is 0 Å². The number of hydrogen-bond donors (Lipinski definition) is 0. The predicted molar refractivity (Wildman–Crippen MR) is 58.4 cm³/mol. The van der Waals surface area contributed by atoms with Crippen LogP contribution in [0.1, 0.15) is 18.4 Å². The highest BCUT2D eigenvalue weighted by Gasteiger charge is 2.11. The second kappa shape index (κ2) is 4.23. The second-order valence-corrected chi connectivity index (χ2v) is 4.20. The lowest BCUT2D eigenvalue weighted by molar-refractivity contribution is -0.112. The van der Waals surface area contributed by atoms with Gasteiger partial charge in [-0.3, -0.25) is 4.79 Å². The lowest BCUT2D eigenvalue weighted by Crippen LogP contribution is -2.01. The van der Waals surface area contributed by atoms with Crippen molar-refractivity contribution in [1.29, 1.82) is 0 Å². The SMILES string of the molecule is CC(C(=O)Cl)c1ccc(I)cc1. The molecule has 0 amide bonds. The summed E-state index contributed by atoms with van der Waals surface area (Å²) in [4.78, 5) is 10.8. The van der Waals surface area contributed by atoms with E-state index in [9.17, 15) is 4.79 Å². The molecule has 1 aromatic carbocycles. The van der Waals surface area contributed by atoms with E-state index in [1.165, 1.54) is 0 Å². The molecule has 0 radical (unpaired) electrons. The first-order valence-electron chi connectivity index (χ1n) is 3.56. The molecule has 0 heterocycles. The third kappa shape index (κ3) is 2.45. The van der Waals surface area contributed by atoms with Crippen LogP contribution in [0.25, 0.3) is 0 Å². The molecule has 0 aliphatic rings. The Morgan fingerprint density at radius 1 is 1.42 bits per heavy atom. The number of halogens is 2. The van der Waals surface area contributed by atoms with E-state index in [4.69, 9.17) is 11.6 Å². The summed E-state index contributed by atoms with van der Waals surface area (Å²) in [6.07, 6.45) is 0. The van der Waals surface area contributed by atoms with Crippen molar-refractivity contribution < 1.29 is 4.79 Å². The molecule has 0 spiro atoms. The molecule has 1 rings (SSSR count). The molecule has 1 atom stereocenters. The highest BCUT2D eigenvalue weighted by atomic mass is 127. The molecule has 0 saturated heterocycles. The fourth-order valence-corrected chi connectivity index (χ4v) is 1.37. The van der Waals surface area contributed by atoms with Crippen molar-refractivity contribution in [2.24, 2.45) is 0 Å². The summed E-state index contributed by atoms with van der Waals surface area (Å²) in [5, 5.41) is -0.309. The van der Waals surface area contributed by atoms with Crippen LogP contribution in [0.4, 0.5) is 0 Å². The summed E-state index contributed by atoms with van der Waals surface area (Å²) >= 11 is 7.58. The van der Waals surface area contributed by atoms with E-state index < -0.39 is 0 Å². The largest absolute Gasteiger partial charge is 0.281 e. The van der Waals surface area contributed by atoms with Gasteiger partial charge >= 0.3 is 0 Å². The first-order valence-corrected chi connectivity index (χ1v) is 5.01. The van der Waals surface area contributed by atoms with Crippen molar-refractivity contribution in [1.82, 2.24) is 0 Å². The topological polar surface area (TPSA) is 17.1 Å². The maximum Gasteiger partial charge on any atom is 0.228 e. The third-order valence-electron chi connectivity index (χ3n) is 1.71. The Hall–Kier alpha value is -0.0900. The van der Waals surface area contributed by atoms with Gasteiger partial charge in [-0.25, -0.2) is 0 Å². The third-order valence-corrected chi connectivity index (χ3v) is 2.76. The van der Waals surface area contributed by atoms with Crippen molar-refractivity contribution in [3.05, 3.63) is 33.4 Å².